The maximum absolute atomic E-state index is 2.31. The molecule has 0 fully saturated rings. The molecule has 23 heavy (non-hydrogen) atoms. The minimum Gasteiger partial charge on any atom is -0.0563 e. The predicted molar refractivity (Wildman–Crippen MR) is 101 cm³/mol. The van der Waals surface area contributed by atoms with Crippen molar-refractivity contribution in [2.75, 3.05) is 0 Å². The molecular formula is C23H24. The van der Waals surface area contributed by atoms with Gasteiger partial charge in [-0.05, 0) is 68.5 Å². The van der Waals surface area contributed by atoms with Crippen molar-refractivity contribution >= 4 is 0 Å². The number of benzene rings is 3. The van der Waals surface area contributed by atoms with Gasteiger partial charge in [-0.3, -0.25) is 0 Å². The van der Waals surface area contributed by atoms with E-state index in [9.17, 15) is 0 Å². The molecule has 0 heterocycles. The maximum atomic E-state index is 2.31. The van der Waals surface area contributed by atoms with Crippen molar-refractivity contribution < 1.29 is 0 Å². The van der Waals surface area contributed by atoms with Gasteiger partial charge in [0.1, 0.15) is 0 Å². The summed E-state index contributed by atoms with van der Waals surface area (Å²) in [5.41, 5.74) is 11.8. The van der Waals surface area contributed by atoms with E-state index in [2.05, 4.69) is 89.2 Å². The lowest BCUT2D eigenvalue weighted by Gasteiger charge is -2.11. The second-order valence-electron chi connectivity index (χ2n) is 6.84. The van der Waals surface area contributed by atoms with Crippen LogP contribution in [0.2, 0.25) is 0 Å². The molecule has 0 spiro atoms. The number of hydrogen-bond donors (Lipinski definition) is 0. The van der Waals surface area contributed by atoms with E-state index in [0.29, 0.717) is 0 Å². The Morgan fingerprint density at radius 2 is 0.522 bits per heavy atom. The van der Waals surface area contributed by atoms with Crippen molar-refractivity contribution in [3.05, 3.63) is 82.4 Å². The van der Waals surface area contributed by atoms with Crippen LogP contribution in [0.5, 0.6) is 0 Å². The maximum Gasteiger partial charge on any atom is -0.0175 e. The summed E-state index contributed by atoms with van der Waals surface area (Å²) < 4.78 is 0. The standard InChI is InChI=1S/C23H24/c1-15-6-16(2)9-20(8-15)22-12-19(5)13-23(14-22)21-10-17(3)7-18(4)11-21/h6-14H,1-5H3. The normalized spacial score (nSPS) is 10.8. The summed E-state index contributed by atoms with van der Waals surface area (Å²) in [5, 5.41) is 0. The van der Waals surface area contributed by atoms with E-state index in [1.807, 2.05) is 0 Å². The van der Waals surface area contributed by atoms with Crippen molar-refractivity contribution in [2.24, 2.45) is 0 Å². The summed E-state index contributed by atoms with van der Waals surface area (Å²) in [5.74, 6) is 0. The van der Waals surface area contributed by atoms with E-state index < -0.39 is 0 Å². The topological polar surface area (TPSA) is 0 Å². The van der Waals surface area contributed by atoms with Crippen LogP contribution in [0.25, 0.3) is 22.3 Å². The third-order valence-corrected chi connectivity index (χ3v) is 4.19. The van der Waals surface area contributed by atoms with Crippen LogP contribution in [-0.4, -0.2) is 0 Å². The van der Waals surface area contributed by atoms with Crippen molar-refractivity contribution in [1.82, 2.24) is 0 Å². The fourth-order valence-corrected chi connectivity index (χ4v) is 3.40. The molecule has 0 heteroatoms. The Bertz CT molecular complexity index is 759. The van der Waals surface area contributed by atoms with Crippen LogP contribution < -0.4 is 0 Å². The first kappa shape index (κ1) is 15.6. The van der Waals surface area contributed by atoms with Crippen LogP contribution in [0.4, 0.5) is 0 Å². The van der Waals surface area contributed by atoms with Gasteiger partial charge >= 0.3 is 0 Å². The number of aryl methyl sites for hydroxylation is 5. The molecule has 0 saturated heterocycles. The van der Waals surface area contributed by atoms with Crippen molar-refractivity contribution in [2.45, 2.75) is 34.6 Å². The molecule has 0 unspecified atom stereocenters. The molecule has 0 aliphatic rings. The van der Waals surface area contributed by atoms with Crippen LogP contribution in [-0.2, 0) is 0 Å². The lowest BCUT2D eigenvalue weighted by Crippen LogP contribution is -1.88. The van der Waals surface area contributed by atoms with Gasteiger partial charge < -0.3 is 0 Å². The Hall–Kier alpha value is -2.34. The molecule has 0 bridgehead atoms. The highest BCUT2D eigenvalue weighted by Gasteiger charge is 2.06. The molecule has 0 nitrogen and oxygen atoms in total. The molecular weight excluding hydrogens is 276 g/mol. The first-order chi connectivity index (χ1) is 10.9. The largest absolute Gasteiger partial charge is 0.0563 e. The average Bonchev–Trinajstić information content (AvgIpc) is 2.44. The van der Waals surface area contributed by atoms with Crippen molar-refractivity contribution in [1.29, 1.82) is 0 Å². The van der Waals surface area contributed by atoms with E-state index >= 15 is 0 Å². The van der Waals surface area contributed by atoms with Gasteiger partial charge in [-0.1, -0.05) is 70.8 Å². The van der Waals surface area contributed by atoms with Crippen LogP contribution in [0, 0.1) is 34.6 Å². The highest BCUT2D eigenvalue weighted by molar-refractivity contribution is 5.75. The Kier molecular flexibility index (Phi) is 4.09. The monoisotopic (exact) mass is 300 g/mol. The van der Waals surface area contributed by atoms with Gasteiger partial charge in [0.2, 0.25) is 0 Å². The molecule has 3 aromatic carbocycles. The van der Waals surface area contributed by atoms with Crippen LogP contribution >= 0.6 is 0 Å². The highest BCUT2D eigenvalue weighted by Crippen LogP contribution is 2.30. The van der Waals surface area contributed by atoms with E-state index in [1.54, 1.807) is 0 Å². The third-order valence-electron chi connectivity index (χ3n) is 4.19. The fourth-order valence-electron chi connectivity index (χ4n) is 3.40. The minimum atomic E-state index is 1.30. The second-order valence-corrected chi connectivity index (χ2v) is 6.84. The molecule has 116 valence electrons. The molecule has 0 aliphatic carbocycles. The van der Waals surface area contributed by atoms with Crippen molar-refractivity contribution in [3.63, 3.8) is 0 Å². The van der Waals surface area contributed by atoms with E-state index in [4.69, 9.17) is 0 Å². The summed E-state index contributed by atoms with van der Waals surface area (Å²) in [7, 11) is 0. The summed E-state index contributed by atoms with van der Waals surface area (Å²) in [6.07, 6.45) is 0. The Balaban J connectivity index is 2.16. The van der Waals surface area contributed by atoms with Crippen LogP contribution in [0.3, 0.4) is 0 Å². The van der Waals surface area contributed by atoms with Gasteiger partial charge in [0, 0.05) is 0 Å². The lowest BCUT2D eigenvalue weighted by molar-refractivity contribution is 1.37. The van der Waals surface area contributed by atoms with Crippen LogP contribution in [0.1, 0.15) is 27.8 Å². The average molecular weight is 300 g/mol. The minimum absolute atomic E-state index is 1.30. The lowest BCUT2D eigenvalue weighted by atomic mass is 9.93. The quantitative estimate of drug-likeness (QED) is 0.502. The number of rotatable bonds is 2. The molecule has 3 aromatic rings. The molecule has 0 radical (unpaired) electrons. The summed E-state index contributed by atoms with van der Waals surface area (Å²) in [4.78, 5) is 0. The van der Waals surface area contributed by atoms with Gasteiger partial charge in [0.05, 0.1) is 0 Å². The van der Waals surface area contributed by atoms with Crippen LogP contribution in [0.15, 0.2) is 54.6 Å². The van der Waals surface area contributed by atoms with E-state index in [1.165, 1.54) is 50.1 Å². The smallest absolute Gasteiger partial charge is 0.0175 e. The SMILES string of the molecule is Cc1cc(C)cc(-c2cc(C)cc(-c3cc(C)cc(C)c3)c2)c1. The van der Waals surface area contributed by atoms with Gasteiger partial charge in [-0.15, -0.1) is 0 Å². The first-order valence-electron chi connectivity index (χ1n) is 8.20. The Morgan fingerprint density at radius 1 is 0.304 bits per heavy atom. The van der Waals surface area contributed by atoms with Gasteiger partial charge in [-0.25, -0.2) is 0 Å². The predicted octanol–water partition coefficient (Wildman–Crippen LogP) is 6.56. The summed E-state index contributed by atoms with van der Waals surface area (Å²) in [6.45, 7) is 10.8. The summed E-state index contributed by atoms with van der Waals surface area (Å²) >= 11 is 0. The van der Waals surface area contributed by atoms with E-state index in [0.717, 1.165) is 0 Å². The molecule has 0 amide bonds. The van der Waals surface area contributed by atoms with E-state index in [-0.39, 0.29) is 0 Å². The highest BCUT2D eigenvalue weighted by atomic mass is 14.1. The zero-order chi connectivity index (χ0) is 16.6. The van der Waals surface area contributed by atoms with Gasteiger partial charge in [0.25, 0.3) is 0 Å². The third kappa shape index (κ3) is 3.53. The zero-order valence-electron chi connectivity index (χ0n) is 14.7. The Labute approximate surface area is 139 Å². The molecule has 0 N–H and O–H groups in total. The first-order valence-corrected chi connectivity index (χ1v) is 8.20. The second kappa shape index (κ2) is 6.04. The molecule has 3 rings (SSSR count). The Morgan fingerprint density at radius 3 is 0.826 bits per heavy atom. The molecule has 0 atom stereocenters. The fraction of sp³-hybridized carbons (Fsp3) is 0.217. The molecule has 0 saturated carbocycles. The molecule has 0 aliphatic heterocycles. The molecule has 0 aromatic heterocycles. The van der Waals surface area contributed by atoms with Crippen molar-refractivity contribution in [3.8, 4) is 22.3 Å². The zero-order valence-corrected chi connectivity index (χ0v) is 14.7. The van der Waals surface area contributed by atoms with Gasteiger partial charge in [0.15, 0.2) is 0 Å². The summed E-state index contributed by atoms with van der Waals surface area (Å²) in [6, 6.07) is 20.4. The number of hydrogen-bond acceptors (Lipinski definition) is 0. The van der Waals surface area contributed by atoms with Gasteiger partial charge in [-0.2, -0.15) is 0 Å².